The van der Waals surface area contributed by atoms with Gasteiger partial charge in [-0.3, -0.25) is 4.68 Å². The van der Waals surface area contributed by atoms with E-state index in [0.29, 0.717) is 18.9 Å². The zero-order valence-electron chi connectivity index (χ0n) is 8.31. The minimum atomic E-state index is -0.434. The average molecular weight is 263 g/mol. The van der Waals surface area contributed by atoms with Crippen LogP contribution in [0.2, 0.25) is 0 Å². The van der Waals surface area contributed by atoms with Crippen molar-refractivity contribution in [1.82, 2.24) is 14.7 Å². The number of rotatable bonds is 4. The number of nitrogen functional groups attached to an aromatic ring is 1. The Labute approximate surface area is 91.6 Å². The third-order valence-electron chi connectivity index (χ3n) is 1.72. The van der Waals surface area contributed by atoms with Gasteiger partial charge >= 0.3 is 0 Å². The predicted octanol–water partition coefficient (Wildman–Crippen LogP) is 0.150. The molecule has 0 spiro atoms. The van der Waals surface area contributed by atoms with Gasteiger partial charge in [0.2, 0.25) is 0 Å². The van der Waals surface area contributed by atoms with Gasteiger partial charge in [-0.25, -0.2) is 0 Å². The van der Waals surface area contributed by atoms with E-state index in [1.165, 1.54) is 0 Å². The normalized spacial score (nSPS) is 13.5. The molecule has 1 aromatic rings. The summed E-state index contributed by atoms with van der Waals surface area (Å²) in [5.74, 6) is 0.446. The van der Waals surface area contributed by atoms with E-state index in [4.69, 9.17) is 5.73 Å². The van der Waals surface area contributed by atoms with Crippen molar-refractivity contribution in [2.24, 2.45) is 0 Å². The second kappa shape index (κ2) is 4.77. The summed E-state index contributed by atoms with van der Waals surface area (Å²) in [7, 11) is 3.83. The molecule has 0 bridgehead atoms. The first-order chi connectivity index (χ1) is 6.49. The Balaban J connectivity index is 2.51. The fraction of sp³-hybridized carbons (Fsp3) is 0.625. The Morgan fingerprint density at radius 2 is 2.36 bits per heavy atom. The molecule has 0 radical (unpaired) electrons. The minimum Gasteiger partial charge on any atom is -0.390 e. The molecule has 1 aromatic heterocycles. The van der Waals surface area contributed by atoms with Crippen molar-refractivity contribution in [1.29, 1.82) is 0 Å². The van der Waals surface area contributed by atoms with Gasteiger partial charge in [-0.05, 0) is 30.0 Å². The lowest BCUT2D eigenvalue weighted by atomic mass is 10.3. The van der Waals surface area contributed by atoms with Gasteiger partial charge in [0, 0.05) is 12.7 Å². The number of hydrogen-bond donors (Lipinski definition) is 2. The van der Waals surface area contributed by atoms with Crippen molar-refractivity contribution in [2.75, 3.05) is 26.4 Å². The molecule has 14 heavy (non-hydrogen) atoms. The first-order valence-corrected chi connectivity index (χ1v) is 5.09. The standard InChI is InChI=1S/C8H15BrN4O/c1-12(2)3-6(14)4-13-5-7(9)8(10)11-13/h5-6,14H,3-4H2,1-2H3,(H2,10,11). The third kappa shape index (κ3) is 3.28. The van der Waals surface area contributed by atoms with Crippen LogP contribution in [0.5, 0.6) is 0 Å². The Bertz CT molecular complexity index is 280. The van der Waals surface area contributed by atoms with E-state index in [9.17, 15) is 5.11 Å². The third-order valence-corrected chi connectivity index (χ3v) is 2.33. The van der Waals surface area contributed by atoms with Crippen LogP contribution in [-0.4, -0.2) is 46.5 Å². The monoisotopic (exact) mass is 262 g/mol. The number of nitrogens with zero attached hydrogens (tertiary/aromatic N) is 3. The molecule has 0 fully saturated rings. The molecule has 5 nitrogen and oxygen atoms in total. The summed E-state index contributed by atoms with van der Waals surface area (Å²) in [5, 5.41) is 13.6. The van der Waals surface area contributed by atoms with Crippen molar-refractivity contribution in [3.63, 3.8) is 0 Å². The van der Waals surface area contributed by atoms with Crippen LogP contribution in [0.3, 0.4) is 0 Å². The first-order valence-electron chi connectivity index (χ1n) is 4.30. The number of aliphatic hydroxyl groups excluding tert-OH is 1. The highest BCUT2D eigenvalue weighted by atomic mass is 79.9. The Morgan fingerprint density at radius 1 is 1.71 bits per heavy atom. The van der Waals surface area contributed by atoms with Crippen LogP contribution in [0.15, 0.2) is 10.7 Å². The second-order valence-electron chi connectivity index (χ2n) is 3.50. The summed E-state index contributed by atoms with van der Waals surface area (Å²) in [6, 6.07) is 0. The highest BCUT2D eigenvalue weighted by molar-refractivity contribution is 9.10. The molecular formula is C8H15BrN4O. The van der Waals surface area contributed by atoms with E-state index >= 15 is 0 Å². The summed E-state index contributed by atoms with van der Waals surface area (Å²) in [5.41, 5.74) is 5.55. The molecule has 1 unspecified atom stereocenters. The number of nitrogens with two attached hydrogens (primary N) is 1. The van der Waals surface area contributed by atoms with Crippen LogP contribution in [0, 0.1) is 0 Å². The maximum absolute atomic E-state index is 9.61. The van der Waals surface area contributed by atoms with E-state index in [0.717, 1.165) is 4.47 Å². The van der Waals surface area contributed by atoms with Crippen LogP contribution in [0.4, 0.5) is 5.82 Å². The number of aromatic nitrogens is 2. The molecule has 1 rings (SSSR count). The SMILES string of the molecule is CN(C)CC(O)Cn1cc(Br)c(N)n1. The maximum atomic E-state index is 9.61. The Morgan fingerprint density at radius 3 is 2.79 bits per heavy atom. The van der Waals surface area contributed by atoms with E-state index in [1.807, 2.05) is 19.0 Å². The molecule has 0 saturated heterocycles. The average Bonchev–Trinajstić information content (AvgIpc) is 2.28. The number of aliphatic hydroxyl groups is 1. The smallest absolute Gasteiger partial charge is 0.159 e. The lowest BCUT2D eigenvalue weighted by molar-refractivity contribution is 0.116. The number of anilines is 1. The van der Waals surface area contributed by atoms with Crippen molar-refractivity contribution in [3.05, 3.63) is 10.7 Å². The molecule has 1 heterocycles. The predicted molar refractivity (Wildman–Crippen MR) is 58.9 cm³/mol. The summed E-state index contributed by atoms with van der Waals surface area (Å²) in [4.78, 5) is 1.92. The van der Waals surface area contributed by atoms with Crippen molar-refractivity contribution < 1.29 is 5.11 Å². The Kier molecular flexibility index (Phi) is 3.91. The first kappa shape index (κ1) is 11.5. The number of hydrogen-bond acceptors (Lipinski definition) is 4. The van der Waals surface area contributed by atoms with Gasteiger partial charge in [0.15, 0.2) is 5.82 Å². The van der Waals surface area contributed by atoms with Crippen LogP contribution in [0.25, 0.3) is 0 Å². The molecule has 0 aliphatic heterocycles. The van der Waals surface area contributed by atoms with Crippen LogP contribution in [0.1, 0.15) is 0 Å². The molecule has 0 saturated carbocycles. The van der Waals surface area contributed by atoms with Gasteiger partial charge in [-0.2, -0.15) is 5.10 Å². The lowest BCUT2D eigenvalue weighted by Gasteiger charge is -2.15. The van der Waals surface area contributed by atoms with Crippen molar-refractivity contribution in [3.8, 4) is 0 Å². The number of halogens is 1. The van der Waals surface area contributed by atoms with Gasteiger partial charge in [0.1, 0.15) is 0 Å². The summed E-state index contributed by atoms with van der Waals surface area (Å²) in [6.07, 6.45) is 1.32. The van der Waals surface area contributed by atoms with E-state index in [2.05, 4.69) is 21.0 Å². The number of likely N-dealkylation sites (N-methyl/N-ethyl adjacent to an activating group) is 1. The molecule has 6 heteroatoms. The maximum Gasteiger partial charge on any atom is 0.159 e. The fourth-order valence-corrected chi connectivity index (χ4v) is 1.52. The molecule has 0 aliphatic carbocycles. The van der Waals surface area contributed by atoms with Gasteiger partial charge in [-0.15, -0.1) is 0 Å². The van der Waals surface area contributed by atoms with Crippen LogP contribution < -0.4 is 5.73 Å². The van der Waals surface area contributed by atoms with Gasteiger partial charge < -0.3 is 15.7 Å². The molecule has 80 valence electrons. The van der Waals surface area contributed by atoms with E-state index in [1.54, 1.807) is 10.9 Å². The molecule has 0 aromatic carbocycles. The molecular weight excluding hydrogens is 248 g/mol. The van der Waals surface area contributed by atoms with Crippen molar-refractivity contribution in [2.45, 2.75) is 12.6 Å². The quantitative estimate of drug-likeness (QED) is 0.811. The summed E-state index contributed by atoms with van der Waals surface area (Å²) < 4.78 is 2.39. The van der Waals surface area contributed by atoms with Gasteiger partial charge in [-0.1, -0.05) is 0 Å². The molecule has 0 amide bonds. The lowest BCUT2D eigenvalue weighted by Crippen LogP contribution is -2.29. The molecule has 1 atom stereocenters. The zero-order chi connectivity index (χ0) is 10.7. The highest BCUT2D eigenvalue weighted by Crippen LogP contribution is 2.16. The zero-order valence-corrected chi connectivity index (χ0v) is 9.90. The van der Waals surface area contributed by atoms with Crippen molar-refractivity contribution >= 4 is 21.7 Å². The molecule has 0 aliphatic rings. The van der Waals surface area contributed by atoms with Crippen LogP contribution >= 0.6 is 15.9 Å². The van der Waals surface area contributed by atoms with Gasteiger partial charge in [0.05, 0.1) is 17.1 Å². The fourth-order valence-electron chi connectivity index (χ4n) is 1.20. The van der Waals surface area contributed by atoms with E-state index < -0.39 is 6.10 Å². The highest BCUT2D eigenvalue weighted by Gasteiger charge is 2.09. The topological polar surface area (TPSA) is 67.3 Å². The molecule has 3 N–H and O–H groups in total. The summed E-state index contributed by atoms with van der Waals surface area (Å²) in [6.45, 7) is 1.06. The van der Waals surface area contributed by atoms with Gasteiger partial charge in [0.25, 0.3) is 0 Å². The summed E-state index contributed by atoms with van der Waals surface area (Å²) >= 11 is 3.26. The minimum absolute atomic E-state index is 0.434. The largest absolute Gasteiger partial charge is 0.390 e. The van der Waals surface area contributed by atoms with E-state index in [-0.39, 0.29) is 0 Å². The van der Waals surface area contributed by atoms with Crippen LogP contribution in [-0.2, 0) is 6.54 Å². The Hall–Kier alpha value is -0.590. The second-order valence-corrected chi connectivity index (χ2v) is 4.35.